The smallest absolute Gasteiger partial charge is 0.272 e. The van der Waals surface area contributed by atoms with E-state index in [1.165, 1.54) is 18.2 Å². The fourth-order valence-corrected chi connectivity index (χ4v) is 2.49. The monoisotopic (exact) mass is 341 g/mol. The summed E-state index contributed by atoms with van der Waals surface area (Å²) in [5, 5.41) is 16.2. The quantitative estimate of drug-likeness (QED) is 0.659. The summed E-state index contributed by atoms with van der Waals surface area (Å²) in [6.07, 6.45) is -0.573. The van der Waals surface area contributed by atoms with Gasteiger partial charge in [0.1, 0.15) is 5.75 Å². The van der Waals surface area contributed by atoms with E-state index in [4.69, 9.17) is 4.74 Å². The summed E-state index contributed by atoms with van der Waals surface area (Å²) < 4.78 is 5.45. The number of benzene rings is 2. The van der Waals surface area contributed by atoms with Crippen molar-refractivity contribution in [1.82, 2.24) is 0 Å². The first-order valence-corrected chi connectivity index (χ1v) is 7.53. The van der Waals surface area contributed by atoms with Crippen LogP contribution in [0.1, 0.15) is 22.8 Å². The number of carbonyl (C=O) groups excluding carboxylic acids is 2. The van der Waals surface area contributed by atoms with Gasteiger partial charge in [-0.2, -0.15) is 0 Å². The Morgan fingerprint density at radius 1 is 1.28 bits per heavy atom. The normalized spacial score (nSPS) is 15.6. The lowest BCUT2D eigenvalue weighted by atomic mass is 10.1. The van der Waals surface area contributed by atoms with Crippen molar-refractivity contribution in [3.8, 4) is 5.75 Å². The van der Waals surface area contributed by atoms with Crippen LogP contribution < -0.4 is 15.4 Å². The molecule has 128 valence electrons. The predicted molar refractivity (Wildman–Crippen MR) is 90.9 cm³/mol. The number of hydrogen-bond acceptors (Lipinski definition) is 5. The molecule has 2 aromatic rings. The zero-order valence-corrected chi connectivity index (χ0v) is 13.5. The lowest BCUT2D eigenvalue weighted by molar-refractivity contribution is -0.385. The molecule has 2 amide bonds. The van der Waals surface area contributed by atoms with Crippen molar-refractivity contribution in [2.24, 2.45) is 0 Å². The third-order valence-corrected chi connectivity index (χ3v) is 3.82. The van der Waals surface area contributed by atoms with E-state index in [2.05, 4.69) is 10.6 Å². The molecule has 0 spiro atoms. The Balaban J connectivity index is 1.80. The Kier molecular flexibility index (Phi) is 4.10. The van der Waals surface area contributed by atoms with E-state index in [0.717, 1.165) is 0 Å². The topological polar surface area (TPSA) is 111 Å². The highest BCUT2D eigenvalue weighted by molar-refractivity contribution is 6.05. The molecule has 0 unspecified atom stereocenters. The van der Waals surface area contributed by atoms with Crippen LogP contribution in [0.15, 0.2) is 36.4 Å². The van der Waals surface area contributed by atoms with Gasteiger partial charge in [0.2, 0.25) is 0 Å². The first kappa shape index (κ1) is 16.4. The first-order valence-electron chi connectivity index (χ1n) is 7.53. The number of hydrogen-bond donors (Lipinski definition) is 2. The second-order valence-corrected chi connectivity index (χ2v) is 5.67. The van der Waals surface area contributed by atoms with Crippen molar-refractivity contribution in [2.75, 3.05) is 10.6 Å². The van der Waals surface area contributed by atoms with Gasteiger partial charge in [0.05, 0.1) is 10.6 Å². The van der Waals surface area contributed by atoms with Gasteiger partial charge < -0.3 is 15.4 Å². The first-order chi connectivity index (χ1) is 11.8. The van der Waals surface area contributed by atoms with E-state index < -0.39 is 16.9 Å². The molecule has 2 N–H and O–H groups in total. The minimum Gasteiger partial charge on any atom is -0.479 e. The number of aryl methyl sites for hydroxylation is 1. The maximum absolute atomic E-state index is 12.3. The number of ether oxygens (including phenoxy) is 1. The lowest BCUT2D eigenvalue weighted by Gasteiger charge is -2.23. The zero-order chi connectivity index (χ0) is 18.1. The third kappa shape index (κ3) is 3.27. The van der Waals surface area contributed by atoms with Crippen molar-refractivity contribution in [2.45, 2.75) is 20.0 Å². The molecule has 8 heteroatoms. The Morgan fingerprint density at radius 2 is 2.04 bits per heavy atom. The van der Waals surface area contributed by atoms with Gasteiger partial charge in [-0.05, 0) is 44.2 Å². The van der Waals surface area contributed by atoms with Gasteiger partial charge in [-0.1, -0.05) is 0 Å². The van der Waals surface area contributed by atoms with Crippen LogP contribution in [0, 0.1) is 17.0 Å². The van der Waals surface area contributed by atoms with Crippen LogP contribution in [-0.4, -0.2) is 22.8 Å². The molecule has 1 aliphatic heterocycles. The Morgan fingerprint density at radius 3 is 2.72 bits per heavy atom. The van der Waals surface area contributed by atoms with Gasteiger partial charge in [-0.3, -0.25) is 19.7 Å². The average molecular weight is 341 g/mol. The summed E-state index contributed by atoms with van der Waals surface area (Å²) in [6, 6.07) is 9.05. The summed E-state index contributed by atoms with van der Waals surface area (Å²) >= 11 is 0. The van der Waals surface area contributed by atoms with Gasteiger partial charge >= 0.3 is 0 Å². The van der Waals surface area contributed by atoms with Crippen LogP contribution in [0.5, 0.6) is 5.75 Å². The Labute approximate surface area is 142 Å². The molecule has 8 nitrogen and oxygen atoms in total. The number of nitro groups is 1. The third-order valence-electron chi connectivity index (χ3n) is 3.82. The summed E-state index contributed by atoms with van der Waals surface area (Å²) in [6.45, 7) is 3.22. The molecule has 25 heavy (non-hydrogen) atoms. The van der Waals surface area contributed by atoms with E-state index >= 15 is 0 Å². The molecule has 2 aromatic carbocycles. The molecule has 0 radical (unpaired) electrons. The number of fused-ring (bicyclic) bond motifs is 1. The molecule has 1 heterocycles. The van der Waals surface area contributed by atoms with E-state index in [1.807, 2.05) is 0 Å². The standard InChI is InChI=1S/C17H15N3O5/c1-9-7-11(3-5-14(9)20(23)24)17(22)18-12-4-6-15-13(8-12)19-16(21)10(2)25-15/h3-8,10H,1-2H3,(H,18,22)(H,19,21)/t10-/m0/s1. The maximum Gasteiger partial charge on any atom is 0.272 e. The van der Waals surface area contributed by atoms with Crippen molar-refractivity contribution < 1.29 is 19.2 Å². The number of anilines is 2. The van der Waals surface area contributed by atoms with Crippen molar-refractivity contribution >= 4 is 28.9 Å². The highest BCUT2D eigenvalue weighted by atomic mass is 16.6. The van der Waals surface area contributed by atoms with Gasteiger partial charge in [0.25, 0.3) is 17.5 Å². The largest absolute Gasteiger partial charge is 0.479 e. The second-order valence-electron chi connectivity index (χ2n) is 5.67. The molecule has 3 rings (SSSR count). The molecule has 0 fully saturated rings. The SMILES string of the molecule is Cc1cc(C(=O)Nc2ccc3c(c2)NC(=O)[C@H](C)O3)ccc1[N+](=O)[O-]. The number of rotatable bonds is 3. The van der Waals surface area contributed by atoms with Crippen molar-refractivity contribution in [3.63, 3.8) is 0 Å². The second kappa shape index (κ2) is 6.23. The van der Waals surface area contributed by atoms with Crippen LogP contribution in [-0.2, 0) is 4.79 Å². The number of nitrogens with zero attached hydrogens (tertiary/aromatic N) is 1. The number of nitro benzene ring substituents is 1. The van der Waals surface area contributed by atoms with Gasteiger partial charge in [-0.25, -0.2) is 0 Å². The van der Waals surface area contributed by atoms with E-state index in [0.29, 0.717) is 28.3 Å². The minimum absolute atomic E-state index is 0.0423. The Bertz CT molecular complexity index is 894. The average Bonchev–Trinajstić information content (AvgIpc) is 2.55. The fraction of sp³-hybridized carbons (Fsp3) is 0.176. The van der Waals surface area contributed by atoms with Crippen LogP contribution in [0.2, 0.25) is 0 Å². The van der Waals surface area contributed by atoms with Crippen LogP contribution in [0.25, 0.3) is 0 Å². The molecular formula is C17H15N3O5. The van der Waals surface area contributed by atoms with E-state index in [9.17, 15) is 19.7 Å². The number of amides is 2. The van der Waals surface area contributed by atoms with E-state index in [1.54, 1.807) is 32.0 Å². The molecule has 1 atom stereocenters. The maximum atomic E-state index is 12.3. The summed E-state index contributed by atoms with van der Waals surface area (Å²) in [4.78, 5) is 34.3. The summed E-state index contributed by atoms with van der Waals surface area (Å²) in [7, 11) is 0. The molecule has 0 aliphatic carbocycles. The molecular weight excluding hydrogens is 326 g/mol. The minimum atomic E-state index is -0.573. The van der Waals surface area contributed by atoms with Gasteiger partial charge in [-0.15, -0.1) is 0 Å². The van der Waals surface area contributed by atoms with Crippen molar-refractivity contribution in [3.05, 3.63) is 57.6 Å². The highest BCUT2D eigenvalue weighted by Gasteiger charge is 2.23. The van der Waals surface area contributed by atoms with Crippen molar-refractivity contribution in [1.29, 1.82) is 0 Å². The van der Waals surface area contributed by atoms with Gasteiger partial charge in [0.15, 0.2) is 6.10 Å². The van der Waals surface area contributed by atoms with Gasteiger partial charge in [0, 0.05) is 22.9 Å². The van der Waals surface area contributed by atoms with Crippen LogP contribution >= 0.6 is 0 Å². The van der Waals surface area contributed by atoms with E-state index in [-0.39, 0.29) is 11.6 Å². The predicted octanol–water partition coefficient (Wildman–Crippen LogP) is 2.87. The van der Waals surface area contributed by atoms with Crippen LogP contribution in [0.3, 0.4) is 0 Å². The fourth-order valence-electron chi connectivity index (χ4n) is 2.49. The Hall–Kier alpha value is -3.42. The molecule has 0 bridgehead atoms. The number of carbonyl (C=O) groups is 2. The molecule has 0 saturated heterocycles. The zero-order valence-electron chi connectivity index (χ0n) is 13.5. The molecule has 1 aliphatic rings. The summed E-state index contributed by atoms with van der Waals surface area (Å²) in [5.74, 6) is -0.146. The highest BCUT2D eigenvalue weighted by Crippen LogP contribution is 2.32. The number of nitrogens with one attached hydrogen (secondary N) is 2. The van der Waals surface area contributed by atoms with Crippen LogP contribution in [0.4, 0.5) is 17.1 Å². The summed E-state index contributed by atoms with van der Waals surface area (Å²) in [5.41, 5.74) is 1.60. The lowest BCUT2D eigenvalue weighted by Crippen LogP contribution is -2.34. The molecule has 0 aromatic heterocycles. The molecule has 0 saturated carbocycles.